The lowest BCUT2D eigenvalue weighted by Gasteiger charge is -2.57. The van der Waals surface area contributed by atoms with Gasteiger partial charge in [0.2, 0.25) is 0 Å². The van der Waals surface area contributed by atoms with Gasteiger partial charge in [0.15, 0.2) is 0 Å². The molecule has 1 aromatic carbocycles. The summed E-state index contributed by atoms with van der Waals surface area (Å²) in [6.07, 6.45) is 0.312. The van der Waals surface area contributed by atoms with Crippen molar-refractivity contribution < 1.29 is 28.1 Å². The Morgan fingerprint density at radius 2 is 1.90 bits per heavy atom. The molecule has 1 unspecified atom stereocenters. The molecule has 2 spiro atoms. The lowest BCUT2D eigenvalue weighted by molar-refractivity contribution is -0.170. The molecule has 0 radical (unpaired) electrons. The molecule has 1 saturated heterocycles. The fraction of sp³-hybridized carbons (Fsp3) is 0.516. The average molecular weight is 539 g/mol. The molecule has 2 aromatic rings. The molecule has 206 valence electrons. The van der Waals surface area contributed by atoms with E-state index in [-0.39, 0.29) is 24.0 Å². The molecule has 1 saturated carbocycles. The van der Waals surface area contributed by atoms with E-state index in [9.17, 15) is 23.4 Å². The standard InChI is InChI=1S/C31H33F3N2O3/c1-28-15-22(31(32,33)34)20-14-21-26(37)27(38)24(36(2)3)16-29(21)11-12-30(20,39-29)25(28)10-9-19(28)17-6-4-8-23-18(17)7-5-13-35-23/h4-9,13-14,24-27,37-38H,10-12,15-16H2,1-3H3/t24-,25?,26+,27+,28+,29+,30+/m0/s1. The first kappa shape index (κ1) is 25.4. The SMILES string of the molecule is CN(C)[C@H]1C[C@@]23CC[C@@]4(O2)C(=C(C(F)(F)F)C[C@]2(C)C(c5cccc6ncccc56)=CCC24)C=C3[C@@H](O)[C@@H]1O. The summed E-state index contributed by atoms with van der Waals surface area (Å²) in [5, 5.41) is 23.0. The van der Waals surface area contributed by atoms with Crippen LogP contribution in [0.5, 0.6) is 0 Å². The number of nitrogens with zero attached hydrogens (tertiary/aromatic N) is 2. The van der Waals surface area contributed by atoms with Crippen LogP contribution in [0.2, 0.25) is 0 Å². The predicted molar refractivity (Wildman–Crippen MR) is 142 cm³/mol. The summed E-state index contributed by atoms with van der Waals surface area (Å²) < 4.78 is 51.7. The van der Waals surface area contributed by atoms with Crippen LogP contribution < -0.4 is 0 Å². The first-order chi connectivity index (χ1) is 18.4. The zero-order valence-electron chi connectivity index (χ0n) is 22.3. The number of pyridine rings is 1. The van der Waals surface area contributed by atoms with Crippen molar-refractivity contribution in [2.75, 3.05) is 14.1 Å². The Labute approximate surface area is 225 Å². The number of allylic oxidation sites excluding steroid dienone is 3. The van der Waals surface area contributed by atoms with Crippen molar-refractivity contribution in [1.29, 1.82) is 0 Å². The highest BCUT2D eigenvalue weighted by Crippen LogP contribution is 2.70. The number of aliphatic hydroxyl groups is 2. The van der Waals surface area contributed by atoms with E-state index < -0.39 is 40.6 Å². The molecular formula is C31H33F3N2O3. The lowest BCUT2D eigenvalue weighted by atomic mass is 9.56. The van der Waals surface area contributed by atoms with Gasteiger partial charge >= 0.3 is 6.18 Å². The number of fused-ring (bicyclic) bond motifs is 2. The molecule has 7 rings (SSSR count). The van der Waals surface area contributed by atoms with Gasteiger partial charge in [0.1, 0.15) is 6.10 Å². The molecule has 2 fully saturated rings. The first-order valence-electron chi connectivity index (χ1n) is 13.7. The van der Waals surface area contributed by atoms with Gasteiger partial charge in [0.25, 0.3) is 0 Å². The summed E-state index contributed by atoms with van der Waals surface area (Å²) in [7, 11) is 3.69. The van der Waals surface area contributed by atoms with Crippen molar-refractivity contribution in [2.24, 2.45) is 11.3 Å². The summed E-state index contributed by atoms with van der Waals surface area (Å²) in [6, 6.07) is 9.31. The Bertz CT molecular complexity index is 1470. The van der Waals surface area contributed by atoms with E-state index >= 15 is 0 Å². The summed E-state index contributed by atoms with van der Waals surface area (Å²) in [6.45, 7) is 1.97. The van der Waals surface area contributed by atoms with E-state index in [1.54, 1.807) is 12.3 Å². The van der Waals surface area contributed by atoms with Crippen LogP contribution in [0.4, 0.5) is 13.2 Å². The monoisotopic (exact) mass is 538 g/mol. The number of alkyl halides is 3. The minimum absolute atomic E-state index is 0.157. The van der Waals surface area contributed by atoms with E-state index in [2.05, 4.69) is 11.1 Å². The van der Waals surface area contributed by atoms with Gasteiger partial charge in [0.05, 0.1) is 22.8 Å². The van der Waals surface area contributed by atoms with Crippen LogP contribution in [-0.2, 0) is 4.74 Å². The molecule has 3 heterocycles. The largest absolute Gasteiger partial charge is 0.413 e. The van der Waals surface area contributed by atoms with Crippen molar-refractivity contribution in [3.05, 3.63) is 71.0 Å². The number of hydrogen-bond acceptors (Lipinski definition) is 5. The molecule has 1 aromatic heterocycles. The smallest absolute Gasteiger partial charge is 0.388 e. The first-order valence-corrected chi connectivity index (χ1v) is 13.7. The highest BCUT2D eigenvalue weighted by Gasteiger charge is 2.69. The third kappa shape index (κ3) is 3.26. The molecular weight excluding hydrogens is 505 g/mol. The van der Waals surface area contributed by atoms with E-state index in [1.165, 1.54) is 0 Å². The fourth-order valence-corrected chi connectivity index (χ4v) is 8.68. The van der Waals surface area contributed by atoms with E-state index in [1.807, 2.05) is 56.3 Å². The van der Waals surface area contributed by atoms with E-state index in [0.717, 1.165) is 22.0 Å². The van der Waals surface area contributed by atoms with Crippen LogP contribution in [0, 0.1) is 11.3 Å². The van der Waals surface area contributed by atoms with Gasteiger partial charge in [-0.25, -0.2) is 0 Å². The molecule has 39 heavy (non-hydrogen) atoms. The second kappa shape index (κ2) is 8.03. The number of rotatable bonds is 2. The number of likely N-dealkylation sites (N-methyl/N-ethyl adjacent to an activating group) is 1. The Hall–Kier alpha value is -2.52. The lowest BCUT2D eigenvalue weighted by Crippen LogP contribution is -2.62. The third-order valence-corrected chi connectivity index (χ3v) is 10.5. The van der Waals surface area contributed by atoms with E-state index in [0.29, 0.717) is 31.3 Å². The van der Waals surface area contributed by atoms with Gasteiger partial charge < -0.3 is 19.8 Å². The summed E-state index contributed by atoms with van der Waals surface area (Å²) in [4.78, 5) is 6.35. The van der Waals surface area contributed by atoms with Crippen molar-refractivity contribution in [2.45, 2.75) is 74.7 Å². The number of aromatic nitrogens is 1. The van der Waals surface area contributed by atoms with Gasteiger partial charge in [0, 0.05) is 34.5 Å². The quantitative estimate of drug-likeness (QED) is 0.551. The van der Waals surface area contributed by atoms with E-state index in [4.69, 9.17) is 4.74 Å². The summed E-state index contributed by atoms with van der Waals surface area (Å²) in [5.41, 5.74) is -0.164. The molecule has 8 heteroatoms. The zero-order valence-corrected chi connectivity index (χ0v) is 22.3. The molecule has 2 bridgehead atoms. The van der Waals surface area contributed by atoms with Gasteiger partial charge in [-0.05, 0) is 80.6 Å². The van der Waals surface area contributed by atoms with Crippen molar-refractivity contribution in [1.82, 2.24) is 9.88 Å². The molecule has 5 nitrogen and oxygen atoms in total. The van der Waals surface area contributed by atoms with Crippen molar-refractivity contribution >= 4 is 16.5 Å². The molecule has 2 N–H and O–H groups in total. The van der Waals surface area contributed by atoms with Crippen LogP contribution in [0.3, 0.4) is 0 Å². The predicted octanol–water partition coefficient (Wildman–Crippen LogP) is 5.19. The van der Waals surface area contributed by atoms with Gasteiger partial charge in [-0.15, -0.1) is 0 Å². The van der Waals surface area contributed by atoms with Gasteiger partial charge in [-0.1, -0.05) is 37.3 Å². The van der Waals surface area contributed by atoms with Crippen LogP contribution in [0.1, 0.15) is 44.6 Å². The van der Waals surface area contributed by atoms with Crippen LogP contribution in [-0.4, -0.2) is 69.8 Å². The van der Waals surface area contributed by atoms with Crippen molar-refractivity contribution in [3.63, 3.8) is 0 Å². The highest BCUT2D eigenvalue weighted by molar-refractivity contribution is 5.94. The van der Waals surface area contributed by atoms with Gasteiger partial charge in [-0.3, -0.25) is 4.98 Å². The van der Waals surface area contributed by atoms with Crippen molar-refractivity contribution in [3.8, 4) is 0 Å². The summed E-state index contributed by atoms with van der Waals surface area (Å²) >= 11 is 0. The maximum Gasteiger partial charge on any atom is 0.413 e. The molecule has 0 amide bonds. The van der Waals surface area contributed by atoms with Crippen LogP contribution in [0.25, 0.3) is 16.5 Å². The molecule has 3 aliphatic carbocycles. The number of benzene rings is 1. The second-order valence-electron chi connectivity index (χ2n) is 12.5. The maximum atomic E-state index is 14.9. The highest BCUT2D eigenvalue weighted by atomic mass is 19.4. The molecule has 2 aliphatic heterocycles. The fourth-order valence-electron chi connectivity index (χ4n) is 8.68. The Morgan fingerprint density at radius 3 is 2.64 bits per heavy atom. The number of ether oxygens (including phenoxy) is 1. The molecule has 7 atom stereocenters. The van der Waals surface area contributed by atoms with Crippen LogP contribution in [0.15, 0.2) is 65.4 Å². The summed E-state index contributed by atoms with van der Waals surface area (Å²) in [5.74, 6) is -0.188. The second-order valence-corrected chi connectivity index (χ2v) is 12.5. The Balaban J connectivity index is 1.42. The number of hydrogen-bond donors (Lipinski definition) is 2. The normalized spacial score (nSPS) is 39.4. The molecule has 5 aliphatic rings. The zero-order chi connectivity index (χ0) is 27.5. The maximum absolute atomic E-state index is 14.9. The van der Waals surface area contributed by atoms with Gasteiger partial charge in [-0.2, -0.15) is 13.2 Å². The van der Waals surface area contributed by atoms with Crippen LogP contribution >= 0.6 is 0 Å². The topological polar surface area (TPSA) is 65.8 Å². The Morgan fingerprint density at radius 1 is 1.10 bits per heavy atom. The number of halogens is 3. The minimum Gasteiger partial charge on any atom is -0.388 e. The number of aliphatic hydroxyl groups excluding tert-OH is 2. The Kier molecular flexibility index (Phi) is 5.24. The minimum atomic E-state index is -4.56. The third-order valence-electron chi connectivity index (χ3n) is 10.5. The average Bonchev–Trinajstić information content (AvgIpc) is 3.40.